The highest BCUT2D eigenvalue weighted by Crippen LogP contribution is 2.39. The maximum Gasteiger partial charge on any atom is 0.417 e. The first-order valence-electron chi connectivity index (χ1n) is 13.3. The molecule has 2 fully saturated rings. The third kappa shape index (κ3) is 6.46. The number of anilines is 4. The Hall–Kier alpha value is -4.52. The van der Waals surface area contributed by atoms with Gasteiger partial charge in [0.15, 0.2) is 0 Å². The van der Waals surface area contributed by atoms with Crippen molar-refractivity contribution in [1.82, 2.24) is 25.1 Å². The Morgan fingerprint density at radius 3 is 2.46 bits per heavy atom. The predicted molar refractivity (Wildman–Crippen MR) is 145 cm³/mol. The van der Waals surface area contributed by atoms with Crippen LogP contribution in [0.25, 0.3) is 0 Å². The van der Waals surface area contributed by atoms with E-state index in [4.69, 9.17) is 4.42 Å². The number of hydrogen-bond donors (Lipinski definition) is 2. The van der Waals surface area contributed by atoms with Gasteiger partial charge in [-0.15, -0.1) is 5.10 Å². The van der Waals surface area contributed by atoms with Gasteiger partial charge >= 0.3 is 12.2 Å². The molecule has 1 saturated carbocycles. The SMILES string of the molecule is O=C(Nc1ccc(CN2CCN(c3nccc(Nc4nnc(C5CC5)o4)n3)CC2)cc1)c1ccccc1C(F)(F)F. The number of carbonyl (C=O) groups excluding carboxylic acids is 1. The lowest BCUT2D eigenvalue weighted by molar-refractivity contribution is -0.137. The van der Waals surface area contributed by atoms with Crippen LogP contribution in [-0.4, -0.2) is 57.2 Å². The smallest absolute Gasteiger partial charge is 0.408 e. The molecule has 1 aliphatic heterocycles. The zero-order chi connectivity index (χ0) is 28.4. The minimum absolute atomic E-state index is 0.318. The molecule has 2 aromatic carbocycles. The largest absolute Gasteiger partial charge is 0.417 e. The van der Waals surface area contributed by atoms with Gasteiger partial charge in [-0.05, 0) is 48.7 Å². The number of amides is 1. The van der Waals surface area contributed by atoms with E-state index in [1.54, 1.807) is 24.4 Å². The molecule has 0 spiro atoms. The Balaban J connectivity index is 1.00. The molecule has 1 saturated heterocycles. The van der Waals surface area contributed by atoms with Gasteiger partial charge in [0.2, 0.25) is 11.8 Å². The Labute approximate surface area is 233 Å². The zero-order valence-electron chi connectivity index (χ0n) is 21.9. The fourth-order valence-electron chi connectivity index (χ4n) is 4.64. The maximum atomic E-state index is 13.3. The summed E-state index contributed by atoms with van der Waals surface area (Å²) in [4.78, 5) is 26.0. The molecule has 0 atom stereocenters. The van der Waals surface area contributed by atoms with Gasteiger partial charge < -0.3 is 14.6 Å². The molecular weight excluding hydrogens is 537 g/mol. The van der Waals surface area contributed by atoms with Crippen LogP contribution < -0.4 is 15.5 Å². The summed E-state index contributed by atoms with van der Waals surface area (Å²) in [5, 5.41) is 13.7. The average Bonchev–Trinajstić information content (AvgIpc) is 3.72. The molecule has 2 N–H and O–H groups in total. The van der Waals surface area contributed by atoms with Gasteiger partial charge in [0.05, 0.1) is 11.1 Å². The van der Waals surface area contributed by atoms with Crippen LogP contribution in [0.1, 0.15) is 46.1 Å². The number of rotatable bonds is 8. The van der Waals surface area contributed by atoms with E-state index in [0.717, 1.165) is 50.7 Å². The summed E-state index contributed by atoms with van der Waals surface area (Å²) in [7, 11) is 0. The van der Waals surface area contributed by atoms with E-state index in [-0.39, 0.29) is 0 Å². The molecule has 10 nitrogen and oxygen atoms in total. The summed E-state index contributed by atoms with van der Waals surface area (Å²) in [6.45, 7) is 3.76. The highest BCUT2D eigenvalue weighted by Gasteiger charge is 2.35. The number of benzene rings is 2. The number of aromatic nitrogens is 4. The third-order valence-corrected chi connectivity index (χ3v) is 7.00. The summed E-state index contributed by atoms with van der Waals surface area (Å²) in [6.07, 6.45) is -0.753. The molecule has 212 valence electrons. The quantitative estimate of drug-likeness (QED) is 0.303. The second-order valence-corrected chi connectivity index (χ2v) is 10.0. The van der Waals surface area contributed by atoms with Crippen molar-refractivity contribution in [3.63, 3.8) is 0 Å². The Bertz CT molecular complexity index is 1510. The van der Waals surface area contributed by atoms with E-state index in [1.807, 2.05) is 12.1 Å². The van der Waals surface area contributed by atoms with Crippen molar-refractivity contribution in [2.45, 2.75) is 31.5 Å². The number of carbonyl (C=O) groups is 1. The second-order valence-electron chi connectivity index (χ2n) is 10.0. The van der Waals surface area contributed by atoms with Gasteiger partial charge in [0.1, 0.15) is 5.82 Å². The number of nitrogens with zero attached hydrogens (tertiary/aromatic N) is 6. The van der Waals surface area contributed by atoms with Gasteiger partial charge in [0, 0.05) is 50.5 Å². The first-order valence-corrected chi connectivity index (χ1v) is 13.3. The van der Waals surface area contributed by atoms with Crippen molar-refractivity contribution >= 4 is 29.4 Å². The van der Waals surface area contributed by atoms with Gasteiger partial charge in [-0.2, -0.15) is 18.2 Å². The number of piperazine rings is 1. The number of alkyl halides is 3. The van der Waals surface area contributed by atoms with Crippen molar-refractivity contribution in [1.29, 1.82) is 0 Å². The summed E-state index contributed by atoms with van der Waals surface area (Å²) < 4.78 is 45.4. The fraction of sp³-hybridized carbons (Fsp3) is 0.321. The van der Waals surface area contributed by atoms with Crippen molar-refractivity contribution in [3.05, 3.63) is 83.4 Å². The summed E-state index contributed by atoms with van der Waals surface area (Å²) in [5.41, 5.74) is 0.0794. The predicted octanol–water partition coefficient (Wildman–Crippen LogP) is 5.07. The first-order chi connectivity index (χ1) is 19.8. The molecule has 2 aromatic heterocycles. The molecule has 0 unspecified atom stereocenters. The third-order valence-electron chi connectivity index (χ3n) is 7.00. The summed E-state index contributed by atoms with van der Waals surface area (Å²) in [5.74, 6) is 1.43. The molecule has 4 aromatic rings. The lowest BCUT2D eigenvalue weighted by Crippen LogP contribution is -2.46. The van der Waals surface area contributed by atoms with Crippen LogP contribution in [0.5, 0.6) is 0 Å². The van der Waals surface area contributed by atoms with Crippen LogP contribution in [-0.2, 0) is 12.7 Å². The van der Waals surface area contributed by atoms with Gasteiger partial charge in [-0.3, -0.25) is 15.0 Å². The van der Waals surface area contributed by atoms with Crippen LogP contribution in [0.15, 0.2) is 65.2 Å². The Morgan fingerprint density at radius 1 is 0.976 bits per heavy atom. The topological polar surface area (TPSA) is 112 Å². The molecule has 1 amide bonds. The number of hydrogen-bond acceptors (Lipinski definition) is 9. The average molecular weight is 565 g/mol. The lowest BCUT2D eigenvalue weighted by atomic mass is 10.1. The highest BCUT2D eigenvalue weighted by molar-refractivity contribution is 6.05. The van der Waals surface area contributed by atoms with Crippen molar-refractivity contribution in [2.75, 3.05) is 41.7 Å². The Morgan fingerprint density at radius 2 is 1.73 bits per heavy atom. The molecule has 0 bridgehead atoms. The van der Waals surface area contributed by atoms with Crippen molar-refractivity contribution < 1.29 is 22.4 Å². The molecule has 41 heavy (non-hydrogen) atoms. The van der Waals surface area contributed by atoms with E-state index < -0.39 is 23.2 Å². The Kier molecular flexibility index (Phi) is 7.26. The first kappa shape index (κ1) is 26.7. The lowest BCUT2D eigenvalue weighted by Gasteiger charge is -2.34. The molecule has 13 heteroatoms. The van der Waals surface area contributed by atoms with Gasteiger partial charge in [-0.1, -0.05) is 29.4 Å². The molecule has 2 aliphatic rings. The highest BCUT2D eigenvalue weighted by atomic mass is 19.4. The standard InChI is InChI=1S/C28H27F3N8O2/c29-28(30,31)22-4-2-1-3-21(22)24(40)33-20-9-5-18(6-10-20)17-38-13-15-39(16-14-38)26-32-12-11-23(34-26)35-27-37-36-25(41-27)19-7-8-19/h1-6,9-12,19H,7-8,13-17H2,(H,33,40)(H,32,34,35,37). The van der Waals surface area contributed by atoms with E-state index in [0.29, 0.717) is 41.8 Å². The fourth-order valence-corrected chi connectivity index (χ4v) is 4.64. The van der Waals surface area contributed by atoms with Gasteiger partial charge in [-0.25, -0.2) is 4.98 Å². The summed E-state index contributed by atoms with van der Waals surface area (Å²) in [6, 6.07) is 13.9. The van der Waals surface area contributed by atoms with E-state index in [2.05, 4.69) is 40.6 Å². The monoisotopic (exact) mass is 564 g/mol. The van der Waals surface area contributed by atoms with Gasteiger partial charge in [0.25, 0.3) is 5.91 Å². The van der Waals surface area contributed by atoms with Crippen molar-refractivity contribution in [2.24, 2.45) is 0 Å². The van der Waals surface area contributed by atoms with Crippen LogP contribution in [0.2, 0.25) is 0 Å². The van der Waals surface area contributed by atoms with E-state index in [1.165, 1.54) is 18.2 Å². The molecule has 3 heterocycles. The zero-order valence-corrected chi connectivity index (χ0v) is 21.9. The normalized spacial score (nSPS) is 16.0. The second kappa shape index (κ2) is 11.2. The van der Waals surface area contributed by atoms with Crippen molar-refractivity contribution in [3.8, 4) is 0 Å². The van der Waals surface area contributed by atoms with Crippen LogP contribution in [0.3, 0.4) is 0 Å². The minimum Gasteiger partial charge on any atom is -0.408 e. The van der Waals surface area contributed by atoms with Crippen LogP contribution in [0.4, 0.5) is 36.6 Å². The van der Waals surface area contributed by atoms with E-state index in [9.17, 15) is 18.0 Å². The molecular formula is C28H27F3N8O2. The number of halogens is 3. The maximum absolute atomic E-state index is 13.3. The van der Waals surface area contributed by atoms with Crippen LogP contribution in [0, 0.1) is 0 Å². The molecule has 0 radical (unpaired) electrons. The van der Waals surface area contributed by atoms with E-state index >= 15 is 0 Å². The molecule has 6 rings (SSSR count). The molecule has 1 aliphatic carbocycles. The minimum atomic E-state index is -4.61. The summed E-state index contributed by atoms with van der Waals surface area (Å²) >= 11 is 0. The number of nitrogens with one attached hydrogen (secondary N) is 2. The van der Waals surface area contributed by atoms with Crippen LogP contribution >= 0.6 is 0 Å².